The number of anilines is 2. The third-order valence-electron chi connectivity index (χ3n) is 4.72. The molecular formula is C20H18ClN3O3. The second-order valence-corrected chi connectivity index (χ2v) is 7.15. The Morgan fingerprint density at radius 2 is 2.07 bits per heavy atom. The Kier molecular flexibility index (Phi) is 4.36. The third kappa shape index (κ3) is 3.40. The fraction of sp³-hybridized carbons (Fsp3) is 0.250. The maximum Gasteiger partial charge on any atom is 0.229 e. The largest absolute Gasteiger partial charge is 0.441 e. The van der Waals surface area contributed by atoms with Gasteiger partial charge in [0.15, 0.2) is 11.5 Å². The van der Waals surface area contributed by atoms with Crippen LogP contribution in [0.4, 0.5) is 11.4 Å². The predicted molar refractivity (Wildman–Crippen MR) is 104 cm³/mol. The number of rotatable bonds is 3. The number of oxazole rings is 1. The number of carbonyl (C=O) groups excluding carboxylic acids is 2. The highest BCUT2D eigenvalue weighted by atomic mass is 35.5. The van der Waals surface area contributed by atoms with Gasteiger partial charge in [-0.25, -0.2) is 4.98 Å². The Bertz CT molecular complexity index is 1060. The summed E-state index contributed by atoms with van der Waals surface area (Å²) >= 11 is 6.11. The van der Waals surface area contributed by atoms with Gasteiger partial charge in [-0.1, -0.05) is 17.7 Å². The van der Waals surface area contributed by atoms with Gasteiger partial charge in [0, 0.05) is 36.3 Å². The number of nitrogens with one attached hydrogen (secondary N) is 1. The van der Waals surface area contributed by atoms with Gasteiger partial charge in [0.1, 0.15) is 5.52 Å². The molecule has 0 aliphatic carbocycles. The standard InChI is InChI=1S/C20H18ClN3O3/c1-11-3-4-14(8-16(11)21)23-20(26)13-7-19(25)24(10-13)15-5-6-18-17(9-15)22-12(2)27-18/h3-6,8-9,13H,7,10H2,1-2H3,(H,23,26)/t13-/m0/s1. The van der Waals surface area contributed by atoms with Crippen LogP contribution in [0.5, 0.6) is 0 Å². The number of hydrogen-bond acceptors (Lipinski definition) is 4. The fourth-order valence-electron chi connectivity index (χ4n) is 3.25. The maximum absolute atomic E-state index is 12.6. The van der Waals surface area contributed by atoms with Crippen LogP contribution in [0.15, 0.2) is 40.8 Å². The van der Waals surface area contributed by atoms with Crippen LogP contribution in [0.2, 0.25) is 5.02 Å². The van der Waals surface area contributed by atoms with E-state index in [9.17, 15) is 9.59 Å². The zero-order chi connectivity index (χ0) is 19.1. The van der Waals surface area contributed by atoms with Crippen LogP contribution < -0.4 is 10.2 Å². The second-order valence-electron chi connectivity index (χ2n) is 6.74. The Hall–Kier alpha value is -2.86. The maximum atomic E-state index is 12.6. The van der Waals surface area contributed by atoms with E-state index in [-0.39, 0.29) is 18.2 Å². The summed E-state index contributed by atoms with van der Waals surface area (Å²) in [5, 5.41) is 3.44. The van der Waals surface area contributed by atoms with Crippen LogP contribution in [0.1, 0.15) is 17.9 Å². The molecule has 0 spiro atoms. The van der Waals surface area contributed by atoms with Crippen LogP contribution in [0.25, 0.3) is 11.1 Å². The van der Waals surface area contributed by atoms with E-state index in [0.29, 0.717) is 34.2 Å². The van der Waals surface area contributed by atoms with Crippen molar-refractivity contribution in [3.63, 3.8) is 0 Å². The Morgan fingerprint density at radius 1 is 1.26 bits per heavy atom. The first-order valence-electron chi connectivity index (χ1n) is 8.65. The normalized spacial score (nSPS) is 16.9. The zero-order valence-corrected chi connectivity index (χ0v) is 15.7. The lowest BCUT2D eigenvalue weighted by Crippen LogP contribution is -2.28. The molecule has 2 heterocycles. The molecule has 138 valence electrons. The van der Waals surface area contributed by atoms with Gasteiger partial charge in [-0.3, -0.25) is 9.59 Å². The molecule has 2 aromatic carbocycles. The summed E-state index contributed by atoms with van der Waals surface area (Å²) in [6.45, 7) is 4.00. The zero-order valence-electron chi connectivity index (χ0n) is 15.0. The smallest absolute Gasteiger partial charge is 0.229 e. The molecule has 1 atom stereocenters. The van der Waals surface area contributed by atoms with Crippen molar-refractivity contribution in [2.24, 2.45) is 5.92 Å². The van der Waals surface area contributed by atoms with Gasteiger partial charge in [-0.2, -0.15) is 0 Å². The Labute approximate surface area is 161 Å². The van der Waals surface area contributed by atoms with E-state index in [1.54, 1.807) is 30.0 Å². The molecule has 1 N–H and O–H groups in total. The van der Waals surface area contributed by atoms with Crippen molar-refractivity contribution in [3.8, 4) is 0 Å². The number of nitrogens with zero attached hydrogens (tertiary/aromatic N) is 2. The lowest BCUT2D eigenvalue weighted by molar-refractivity contribution is -0.122. The number of fused-ring (bicyclic) bond motifs is 1. The molecule has 0 saturated carbocycles. The highest BCUT2D eigenvalue weighted by Crippen LogP contribution is 2.29. The number of hydrogen-bond donors (Lipinski definition) is 1. The van der Waals surface area contributed by atoms with Crippen molar-refractivity contribution < 1.29 is 14.0 Å². The first-order chi connectivity index (χ1) is 12.9. The number of aryl methyl sites for hydroxylation is 2. The molecule has 0 bridgehead atoms. The van der Waals surface area contributed by atoms with Crippen molar-refractivity contribution in [1.82, 2.24) is 4.98 Å². The number of aromatic nitrogens is 1. The van der Waals surface area contributed by atoms with E-state index >= 15 is 0 Å². The van der Waals surface area contributed by atoms with E-state index < -0.39 is 5.92 Å². The molecule has 7 heteroatoms. The third-order valence-corrected chi connectivity index (χ3v) is 5.13. The van der Waals surface area contributed by atoms with Crippen molar-refractivity contribution in [3.05, 3.63) is 52.9 Å². The number of carbonyl (C=O) groups is 2. The minimum atomic E-state index is -0.424. The molecule has 6 nitrogen and oxygen atoms in total. The van der Waals surface area contributed by atoms with Gasteiger partial charge in [-0.15, -0.1) is 0 Å². The summed E-state index contributed by atoms with van der Waals surface area (Å²) < 4.78 is 5.47. The second kappa shape index (κ2) is 6.70. The quantitative estimate of drug-likeness (QED) is 0.739. The summed E-state index contributed by atoms with van der Waals surface area (Å²) in [4.78, 5) is 31.0. The van der Waals surface area contributed by atoms with Crippen molar-refractivity contribution in [2.45, 2.75) is 20.3 Å². The van der Waals surface area contributed by atoms with Crippen molar-refractivity contribution >= 4 is 45.9 Å². The summed E-state index contributed by atoms with van der Waals surface area (Å²) in [6.07, 6.45) is 0.168. The SMILES string of the molecule is Cc1nc2cc(N3C[C@@H](C(=O)Nc4ccc(C)c(Cl)c4)CC3=O)ccc2o1. The van der Waals surface area contributed by atoms with E-state index in [2.05, 4.69) is 10.3 Å². The molecule has 0 unspecified atom stereocenters. The molecule has 1 aliphatic rings. The van der Waals surface area contributed by atoms with Crippen LogP contribution in [0.3, 0.4) is 0 Å². The average molecular weight is 384 g/mol. The van der Waals surface area contributed by atoms with E-state index in [4.69, 9.17) is 16.0 Å². The van der Waals surface area contributed by atoms with Gasteiger partial charge >= 0.3 is 0 Å². The molecule has 1 aromatic heterocycles. The molecule has 27 heavy (non-hydrogen) atoms. The summed E-state index contributed by atoms with van der Waals surface area (Å²) in [7, 11) is 0. The van der Waals surface area contributed by atoms with Crippen LogP contribution in [-0.4, -0.2) is 23.3 Å². The predicted octanol–water partition coefficient (Wildman–Crippen LogP) is 4.09. The molecule has 4 rings (SSSR count). The Morgan fingerprint density at radius 3 is 2.85 bits per heavy atom. The molecule has 1 aliphatic heterocycles. The van der Waals surface area contributed by atoms with Crippen LogP contribution >= 0.6 is 11.6 Å². The minimum absolute atomic E-state index is 0.0864. The molecule has 1 saturated heterocycles. The lowest BCUT2D eigenvalue weighted by atomic mass is 10.1. The molecule has 3 aromatic rings. The molecular weight excluding hydrogens is 366 g/mol. The van der Waals surface area contributed by atoms with Crippen molar-refractivity contribution in [2.75, 3.05) is 16.8 Å². The lowest BCUT2D eigenvalue weighted by Gasteiger charge is -2.16. The van der Waals surface area contributed by atoms with Gasteiger partial charge in [0.05, 0.1) is 5.92 Å². The molecule has 1 fully saturated rings. The fourth-order valence-corrected chi connectivity index (χ4v) is 3.43. The molecule has 0 radical (unpaired) electrons. The van der Waals surface area contributed by atoms with E-state index in [0.717, 1.165) is 11.3 Å². The molecule has 2 amide bonds. The van der Waals surface area contributed by atoms with E-state index in [1.807, 2.05) is 25.1 Å². The summed E-state index contributed by atoms with van der Waals surface area (Å²) in [5.41, 5.74) is 3.65. The Balaban J connectivity index is 1.50. The van der Waals surface area contributed by atoms with Gasteiger partial charge in [0.25, 0.3) is 0 Å². The van der Waals surface area contributed by atoms with Gasteiger partial charge < -0.3 is 14.6 Å². The van der Waals surface area contributed by atoms with Gasteiger partial charge in [-0.05, 0) is 42.8 Å². The number of amides is 2. The highest BCUT2D eigenvalue weighted by molar-refractivity contribution is 6.31. The van der Waals surface area contributed by atoms with Crippen LogP contribution in [-0.2, 0) is 9.59 Å². The first-order valence-corrected chi connectivity index (χ1v) is 9.03. The monoisotopic (exact) mass is 383 g/mol. The van der Waals surface area contributed by atoms with Crippen molar-refractivity contribution in [1.29, 1.82) is 0 Å². The summed E-state index contributed by atoms with van der Waals surface area (Å²) in [6, 6.07) is 10.8. The first kappa shape index (κ1) is 17.5. The number of benzene rings is 2. The van der Waals surface area contributed by atoms with Crippen LogP contribution in [0, 0.1) is 19.8 Å². The average Bonchev–Trinajstić information content (AvgIpc) is 3.19. The number of halogens is 1. The van der Waals surface area contributed by atoms with Gasteiger partial charge in [0.2, 0.25) is 11.8 Å². The summed E-state index contributed by atoms with van der Waals surface area (Å²) in [5.74, 6) is -0.128. The van der Waals surface area contributed by atoms with E-state index in [1.165, 1.54) is 0 Å². The topological polar surface area (TPSA) is 75.4 Å². The minimum Gasteiger partial charge on any atom is -0.441 e. The highest BCUT2D eigenvalue weighted by Gasteiger charge is 2.35.